The summed E-state index contributed by atoms with van der Waals surface area (Å²) in [6, 6.07) is 5.82. The van der Waals surface area contributed by atoms with Gasteiger partial charge in [-0.05, 0) is 30.0 Å². The summed E-state index contributed by atoms with van der Waals surface area (Å²) in [5.74, 6) is 1.39. The van der Waals surface area contributed by atoms with Gasteiger partial charge in [0.15, 0.2) is 12.0 Å². The summed E-state index contributed by atoms with van der Waals surface area (Å²) < 4.78 is 17.9. The fourth-order valence-electron chi connectivity index (χ4n) is 3.09. The van der Waals surface area contributed by atoms with Gasteiger partial charge in [-0.3, -0.25) is 0 Å². The summed E-state index contributed by atoms with van der Waals surface area (Å²) >= 11 is 1.57. The lowest BCUT2D eigenvalue weighted by Crippen LogP contribution is -2.24. The molecule has 3 rings (SSSR count). The van der Waals surface area contributed by atoms with E-state index in [9.17, 15) is 9.90 Å². The summed E-state index contributed by atoms with van der Waals surface area (Å²) in [6.07, 6.45) is 0.111. The SMILES string of the molecule is COC(Cc1ccc(OCCc2nc(C(C)(C)C)oc2C)c2ccsc12)C(=O)O. The maximum absolute atomic E-state index is 11.3. The normalized spacial score (nSPS) is 13.0. The minimum Gasteiger partial charge on any atom is -0.493 e. The number of carboxylic acids is 1. The van der Waals surface area contributed by atoms with E-state index in [4.69, 9.17) is 13.9 Å². The van der Waals surface area contributed by atoms with Crippen molar-refractivity contribution in [3.8, 4) is 5.75 Å². The number of carboxylic acid groups (broad SMARTS) is 1. The van der Waals surface area contributed by atoms with E-state index in [0.29, 0.717) is 19.4 Å². The second-order valence-corrected chi connectivity index (χ2v) is 8.94. The molecule has 0 aliphatic heterocycles. The van der Waals surface area contributed by atoms with Gasteiger partial charge in [-0.2, -0.15) is 0 Å². The van der Waals surface area contributed by atoms with Crippen LogP contribution in [0, 0.1) is 6.92 Å². The molecule has 1 unspecified atom stereocenters. The zero-order chi connectivity index (χ0) is 21.2. The molecule has 0 fully saturated rings. The van der Waals surface area contributed by atoms with Gasteiger partial charge in [-0.25, -0.2) is 9.78 Å². The fraction of sp³-hybridized carbons (Fsp3) is 0.455. The van der Waals surface area contributed by atoms with Crippen LogP contribution in [-0.2, 0) is 27.8 Å². The molecular formula is C22H27NO5S. The molecule has 0 saturated heterocycles. The minimum atomic E-state index is -0.963. The molecule has 1 atom stereocenters. The molecule has 2 aromatic heterocycles. The number of fused-ring (bicyclic) bond motifs is 1. The number of aryl methyl sites for hydroxylation is 1. The smallest absolute Gasteiger partial charge is 0.333 e. The highest BCUT2D eigenvalue weighted by Gasteiger charge is 2.22. The molecule has 3 aromatic rings. The molecule has 0 aliphatic rings. The first-order chi connectivity index (χ1) is 13.7. The average molecular weight is 418 g/mol. The molecule has 0 aliphatic carbocycles. The maximum atomic E-state index is 11.3. The number of carbonyl (C=O) groups is 1. The number of ether oxygens (including phenoxy) is 2. The standard InChI is InChI=1S/C22H27NO5S/c1-13-16(23-21(28-13)22(2,3)4)8-10-27-17-7-6-14(12-18(26-5)20(24)25)19-15(17)9-11-29-19/h6-7,9,11,18H,8,10,12H2,1-5H3,(H,24,25). The van der Waals surface area contributed by atoms with Crippen LogP contribution in [0.1, 0.15) is 43.7 Å². The first kappa shape index (κ1) is 21.3. The molecule has 6 nitrogen and oxygen atoms in total. The predicted octanol–water partition coefficient (Wildman–Crippen LogP) is 4.76. The number of methoxy groups -OCH3 is 1. The second kappa shape index (κ2) is 8.55. The van der Waals surface area contributed by atoms with Gasteiger partial charge in [0, 0.05) is 35.5 Å². The number of aromatic nitrogens is 1. The van der Waals surface area contributed by atoms with Gasteiger partial charge in [-0.1, -0.05) is 26.8 Å². The number of rotatable bonds is 8. The van der Waals surface area contributed by atoms with Crippen LogP contribution < -0.4 is 4.74 Å². The Kier molecular flexibility index (Phi) is 6.29. The van der Waals surface area contributed by atoms with Crippen LogP contribution in [0.3, 0.4) is 0 Å². The van der Waals surface area contributed by atoms with E-state index < -0.39 is 12.1 Å². The van der Waals surface area contributed by atoms with Gasteiger partial charge < -0.3 is 19.0 Å². The van der Waals surface area contributed by atoms with E-state index in [1.54, 1.807) is 11.3 Å². The van der Waals surface area contributed by atoms with E-state index in [1.807, 2.05) is 30.5 Å². The van der Waals surface area contributed by atoms with Crippen LogP contribution in [-0.4, -0.2) is 35.9 Å². The van der Waals surface area contributed by atoms with Gasteiger partial charge in [-0.15, -0.1) is 11.3 Å². The predicted molar refractivity (Wildman–Crippen MR) is 113 cm³/mol. The molecular weight excluding hydrogens is 390 g/mol. The molecule has 2 heterocycles. The topological polar surface area (TPSA) is 81.8 Å². The van der Waals surface area contributed by atoms with Crippen molar-refractivity contribution in [1.82, 2.24) is 4.98 Å². The van der Waals surface area contributed by atoms with Crippen LogP contribution in [0.5, 0.6) is 5.75 Å². The van der Waals surface area contributed by atoms with Crippen molar-refractivity contribution in [3.63, 3.8) is 0 Å². The Balaban J connectivity index is 1.72. The highest BCUT2D eigenvalue weighted by Crippen LogP contribution is 2.34. The monoisotopic (exact) mass is 417 g/mol. The Morgan fingerprint density at radius 3 is 2.69 bits per heavy atom. The third-order valence-electron chi connectivity index (χ3n) is 4.75. The highest BCUT2D eigenvalue weighted by molar-refractivity contribution is 7.17. The summed E-state index contributed by atoms with van der Waals surface area (Å²) in [5.41, 5.74) is 1.73. The first-order valence-corrected chi connectivity index (χ1v) is 10.4. The third-order valence-corrected chi connectivity index (χ3v) is 5.74. The van der Waals surface area contributed by atoms with Gasteiger partial charge in [0.05, 0.1) is 12.3 Å². The lowest BCUT2D eigenvalue weighted by atomic mass is 9.97. The van der Waals surface area contributed by atoms with Crippen LogP contribution in [0.25, 0.3) is 10.1 Å². The van der Waals surface area contributed by atoms with E-state index in [2.05, 4.69) is 25.8 Å². The maximum Gasteiger partial charge on any atom is 0.333 e. The third kappa shape index (κ3) is 4.79. The zero-order valence-corrected chi connectivity index (χ0v) is 18.3. The molecule has 0 radical (unpaired) electrons. The second-order valence-electron chi connectivity index (χ2n) is 8.02. The Bertz CT molecular complexity index is 998. The lowest BCUT2D eigenvalue weighted by Gasteiger charge is -2.13. The van der Waals surface area contributed by atoms with E-state index in [0.717, 1.165) is 38.7 Å². The zero-order valence-electron chi connectivity index (χ0n) is 17.4. The van der Waals surface area contributed by atoms with Crippen molar-refractivity contribution < 1.29 is 23.8 Å². The molecule has 0 bridgehead atoms. The number of aliphatic carboxylic acids is 1. The van der Waals surface area contributed by atoms with E-state index >= 15 is 0 Å². The summed E-state index contributed by atoms with van der Waals surface area (Å²) in [6.45, 7) is 8.64. The molecule has 0 amide bonds. The molecule has 0 saturated carbocycles. The van der Waals surface area contributed by atoms with Gasteiger partial charge in [0.1, 0.15) is 11.5 Å². The van der Waals surface area contributed by atoms with Gasteiger partial charge >= 0.3 is 5.97 Å². The van der Waals surface area contributed by atoms with E-state index in [-0.39, 0.29) is 5.41 Å². The molecule has 7 heteroatoms. The van der Waals surface area contributed by atoms with Crippen molar-refractivity contribution in [1.29, 1.82) is 0 Å². The van der Waals surface area contributed by atoms with Crippen LogP contribution >= 0.6 is 11.3 Å². The number of hydrogen-bond donors (Lipinski definition) is 1. The Morgan fingerprint density at radius 1 is 1.31 bits per heavy atom. The van der Waals surface area contributed by atoms with Crippen molar-refractivity contribution in [2.24, 2.45) is 0 Å². The van der Waals surface area contributed by atoms with Crippen LogP contribution in [0.4, 0.5) is 0 Å². The van der Waals surface area contributed by atoms with Crippen molar-refractivity contribution >= 4 is 27.4 Å². The van der Waals surface area contributed by atoms with E-state index in [1.165, 1.54) is 7.11 Å². The quantitative estimate of drug-likeness (QED) is 0.569. The fourth-order valence-corrected chi connectivity index (χ4v) is 4.03. The number of oxazole rings is 1. The van der Waals surface area contributed by atoms with Gasteiger partial charge in [0.2, 0.25) is 0 Å². The molecule has 1 aromatic carbocycles. The number of hydrogen-bond acceptors (Lipinski definition) is 6. The summed E-state index contributed by atoms with van der Waals surface area (Å²) in [5, 5.41) is 12.2. The largest absolute Gasteiger partial charge is 0.493 e. The number of benzene rings is 1. The number of nitrogens with zero attached hydrogens (tertiary/aromatic N) is 1. The summed E-state index contributed by atoms with van der Waals surface area (Å²) in [4.78, 5) is 15.9. The molecule has 29 heavy (non-hydrogen) atoms. The van der Waals surface area contributed by atoms with Gasteiger partial charge in [0.25, 0.3) is 0 Å². The van der Waals surface area contributed by atoms with Crippen molar-refractivity contribution in [3.05, 3.63) is 46.5 Å². The lowest BCUT2D eigenvalue weighted by molar-refractivity contribution is -0.148. The minimum absolute atomic E-state index is 0.126. The molecule has 0 spiro atoms. The number of thiophene rings is 1. The van der Waals surface area contributed by atoms with Crippen molar-refractivity contribution in [2.45, 2.75) is 52.1 Å². The Labute approximate surface area is 174 Å². The van der Waals surface area contributed by atoms with Crippen LogP contribution in [0.15, 0.2) is 28.0 Å². The highest BCUT2D eigenvalue weighted by atomic mass is 32.1. The van der Waals surface area contributed by atoms with Crippen molar-refractivity contribution in [2.75, 3.05) is 13.7 Å². The Hall–Kier alpha value is -2.38. The van der Waals surface area contributed by atoms with Crippen LogP contribution in [0.2, 0.25) is 0 Å². The summed E-state index contributed by atoms with van der Waals surface area (Å²) in [7, 11) is 1.42. The Morgan fingerprint density at radius 2 is 2.07 bits per heavy atom. The molecule has 156 valence electrons. The molecule has 1 N–H and O–H groups in total. The first-order valence-electron chi connectivity index (χ1n) is 9.55. The average Bonchev–Trinajstić information content (AvgIpc) is 3.27.